The van der Waals surface area contributed by atoms with Gasteiger partial charge < -0.3 is 29.3 Å². The quantitative estimate of drug-likeness (QED) is 0.701. The Hall–Kier alpha value is -3.16. The molecule has 1 heterocycles. The average molecular weight is 348 g/mol. The van der Waals surface area contributed by atoms with Crippen LogP contribution in [0.2, 0.25) is 0 Å². The van der Waals surface area contributed by atoms with E-state index in [1.54, 1.807) is 24.3 Å². The highest BCUT2D eigenvalue weighted by atomic mass is 16.5. The van der Waals surface area contributed by atoms with Gasteiger partial charge in [-0.1, -0.05) is 0 Å². The Bertz CT molecular complexity index is 702. The Balaban J connectivity index is 1.93. The monoisotopic (exact) mass is 348 g/mol. The van der Waals surface area contributed by atoms with E-state index in [1.165, 1.54) is 27.6 Å². The number of hydrogen-bond acceptors (Lipinski definition) is 6. The van der Waals surface area contributed by atoms with Crippen molar-refractivity contribution in [3.05, 3.63) is 41.9 Å². The molecule has 8 nitrogen and oxygen atoms in total. The summed E-state index contributed by atoms with van der Waals surface area (Å²) in [7, 11) is 4.44. The third-order valence-electron chi connectivity index (χ3n) is 3.37. The van der Waals surface area contributed by atoms with Crippen molar-refractivity contribution >= 4 is 11.8 Å². The second-order valence-corrected chi connectivity index (χ2v) is 4.90. The highest BCUT2D eigenvalue weighted by molar-refractivity contribution is 5.95. The van der Waals surface area contributed by atoms with E-state index in [0.717, 1.165) is 0 Å². The number of methoxy groups -OCH3 is 3. The van der Waals surface area contributed by atoms with E-state index in [0.29, 0.717) is 22.8 Å². The van der Waals surface area contributed by atoms with E-state index in [2.05, 4.69) is 10.6 Å². The first-order valence-electron chi connectivity index (χ1n) is 7.50. The topological polar surface area (TPSA) is 99.0 Å². The molecular formula is C17H20N2O6. The van der Waals surface area contributed by atoms with Gasteiger partial charge in [-0.15, -0.1) is 0 Å². The Kier molecular flexibility index (Phi) is 6.27. The minimum absolute atomic E-state index is 0.218. The van der Waals surface area contributed by atoms with Crippen molar-refractivity contribution in [2.45, 2.75) is 0 Å². The smallest absolute Gasteiger partial charge is 0.287 e. The molecule has 0 spiro atoms. The van der Waals surface area contributed by atoms with E-state index < -0.39 is 0 Å². The number of nitrogens with one attached hydrogen (secondary N) is 2. The molecule has 0 aliphatic rings. The summed E-state index contributed by atoms with van der Waals surface area (Å²) >= 11 is 0. The van der Waals surface area contributed by atoms with Crippen LogP contribution < -0.4 is 24.8 Å². The van der Waals surface area contributed by atoms with Crippen LogP contribution in [0.1, 0.15) is 20.9 Å². The summed E-state index contributed by atoms with van der Waals surface area (Å²) in [4.78, 5) is 24.0. The van der Waals surface area contributed by atoms with Crippen molar-refractivity contribution in [3.63, 3.8) is 0 Å². The summed E-state index contributed by atoms with van der Waals surface area (Å²) in [5.74, 6) is 0.734. The summed E-state index contributed by atoms with van der Waals surface area (Å²) in [5.41, 5.74) is 0.354. The summed E-state index contributed by atoms with van der Waals surface area (Å²) in [5, 5.41) is 5.34. The van der Waals surface area contributed by atoms with Crippen LogP contribution in [0.25, 0.3) is 0 Å². The molecule has 25 heavy (non-hydrogen) atoms. The van der Waals surface area contributed by atoms with E-state index in [9.17, 15) is 9.59 Å². The summed E-state index contributed by atoms with van der Waals surface area (Å²) in [6, 6.07) is 6.29. The average Bonchev–Trinajstić information content (AvgIpc) is 3.18. The van der Waals surface area contributed by atoms with Crippen LogP contribution in [0.5, 0.6) is 17.2 Å². The first-order valence-corrected chi connectivity index (χ1v) is 7.50. The molecule has 2 rings (SSSR count). The molecule has 0 fully saturated rings. The van der Waals surface area contributed by atoms with E-state index in [1.807, 2.05) is 0 Å². The molecule has 2 amide bonds. The molecule has 0 saturated heterocycles. The van der Waals surface area contributed by atoms with Crippen molar-refractivity contribution in [2.75, 3.05) is 34.4 Å². The summed E-state index contributed by atoms with van der Waals surface area (Å²) < 4.78 is 20.6. The fraction of sp³-hybridized carbons (Fsp3) is 0.294. The molecule has 0 saturated carbocycles. The van der Waals surface area contributed by atoms with Gasteiger partial charge in [0.25, 0.3) is 11.8 Å². The van der Waals surface area contributed by atoms with Gasteiger partial charge in [0.2, 0.25) is 5.75 Å². The molecule has 0 atom stereocenters. The van der Waals surface area contributed by atoms with Crippen LogP contribution in [0.3, 0.4) is 0 Å². The van der Waals surface area contributed by atoms with Gasteiger partial charge >= 0.3 is 0 Å². The first-order chi connectivity index (χ1) is 12.1. The highest BCUT2D eigenvalue weighted by Crippen LogP contribution is 2.38. The molecule has 0 aliphatic heterocycles. The number of benzene rings is 1. The molecular weight excluding hydrogens is 328 g/mol. The number of rotatable bonds is 8. The predicted octanol–water partition coefficient (Wildman–Crippen LogP) is 1.47. The molecule has 0 aliphatic carbocycles. The van der Waals surface area contributed by atoms with Gasteiger partial charge in [-0.05, 0) is 24.3 Å². The van der Waals surface area contributed by atoms with Crippen LogP contribution >= 0.6 is 0 Å². The third-order valence-corrected chi connectivity index (χ3v) is 3.37. The Labute approximate surface area is 145 Å². The Morgan fingerprint density at radius 2 is 1.56 bits per heavy atom. The minimum Gasteiger partial charge on any atom is -0.493 e. The standard InChI is InChI=1S/C17H20N2O6/c1-22-13-9-11(10-14(23-2)15(13)24-3)16(20)18-6-7-19-17(21)12-5-4-8-25-12/h4-5,8-10H,6-7H2,1-3H3,(H,18,20)(H,19,21). The van der Waals surface area contributed by atoms with Gasteiger partial charge in [0.15, 0.2) is 17.3 Å². The lowest BCUT2D eigenvalue weighted by atomic mass is 10.1. The number of furan rings is 1. The van der Waals surface area contributed by atoms with Gasteiger partial charge in [-0.2, -0.15) is 0 Å². The maximum Gasteiger partial charge on any atom is 0.287 e. The summed E-state index contributed by atoms with van der Waals surface area (Å²) in [6.45, 7) is 0.512. The molecule has 8 heteroatoms. The second-order valence-electron chi connectivity index (χ2n) is 4.90. The zero-order valence-electron chi connectivity index (χ0n) is 14.3. The lowest BCUT2D eigenvalue weighted by Crippen LogP contribution is -2.34. The normalized spacial score (nSPS) is 10.0. The highest BCUT2D eigenvalue weighted by Gasteiger charge is 2.16. The molecule has 0 unspecified atom stereocenters. The molecule has 1 aromatic carbocycles. The number of carbonyl (C=O) groups is 2. The van der Waals surface area contributed by atoms with Crippen molar-refractivity contribution in [2.24, 2.45) is 0 Å². The van der Waals surface area contributed by atoms with Crippen LogP contribution in [0.15, 0.2) is 34.9 Å². The molecule has 2 aromatic rings. The van der Waals surface area contributed by atoms with Gasteiger partial charge in [-0.3, -0.25) is 9.59 Å². The maximum absolute atomic E-state index is 12.3. The minimum atomic E-state index is -0.341. The number of carbonyl (C=O) groups excluding carboxylic acids is 2. The molecule has 134 valence electrons. The van der Waals surface area contributed by atoms with Crippen LogP contribution in [-0.4, -0.2) is 46.2 Å². The van der Waals surface area contributed by atoms with Crippen LogP contribution in [0, 0.1) is 0 Å². The Morgan fingerprint density at radius 3 is 2.04 bits per heavy atom. The second kappa shape index (κ2) is 8.62. The SMILES string of the molecule is COc1cc(C(=O)NCCNC(=O)c2ccco2)cc(OC)c1OC. The third kappa shape index (κ3) is 4.43. The van der Waals surface area contributed by atoms with Gasteiger partial charge in [0.1, 0.15) is 0 Å². The lowest BCUT2D eigenvalue weighted by molar-refractivity contribution is 0.0910. The maximum atomic E-state index is 12.3. The van der Waals surface area contributed by atoms with Gasteiger partial charge in [-0.25, -0.2) is 0 Å². The fourth-order valence-corrected chi connectivity index (χ4v) is 2.16. The largest absolute Gasteiger partial charge is 0.493 e. The van der Waals surface area contributed by atoms with Crippen molar-refractivity contribution in [1.29, 1.82) is 0 Å². The molecule has 0 bridgehead atoms. The fourth-order valence-electron chi connectivity index (χ4n) is 2.16. The van der Waals surface area contributed by atoms with Crippen molar-refractivity contribution in [3.8, 4) is 17.2 Å². The molecule has 0 radical (unpaired) electrons. The number of ether oxygens (including phenoxy) is 3. The zero-order valence-corrected chi connectivity index (χ0v) is 14.3. The predicted molar refractivity (Wildman–Crippen MR) is 89.5 cm³/mol. The molecule has 1 aromatic heterocycles. The van der Waals surface area contributed by atoms with E-state index in [4.69, 9.17) is 18.6 Å². The Morgan fingerprint density at radius 1 is 0.960 bits per heavy atom. The van der Waals surface area contributed by atoms with Gasteiger partial charge in [0.05, 0.1) is 27.6 Å². The number of amides is 2. The lowest BCUT2D eigenvalue weighted by Gasteiger charge is -2.14. The van der Waals surface area contributed by atoms with Crippen LogP contribution in [0.4, 0.5) is 0 Å². The first kappa shape index (κ1) is 18.2. The van der Waals surface area contributed by atoms with Gasteiger partial charge in [0, 0.05) is 18.7 Å². The van der Waals surface area contributed by atoms with E-state index >= 15 is 0 Å². The van der Waals surface area contributed by atoms with Crippen molar-refractivity contribution < 1.29 is 28.2 Å². The molecule has 2 N–H and O–H groups in total. The van der Waals surface area contributed by atoms with E-state index in [-0.39, 0.29) is 30.7 Å². The van der Waals surface area contributed by atoms with Crippen LogP contribution in [-0.2, 0) is 0 Å². The number of hydrogen-bond donors (Lipinski definition) is 2. The van der Waals surface area contributed by atoms with Crippen molar-refractivity contribution in [1.82, 2.24) is 10.6 Å². The zero-order chi connectivity index (χ0) is 18.2. The summed E-state index contributed by atoms with van der Waals surface area (Å²) in [6.07, 6.45) is 1.42.